The van der Waals surface area contributed by atoms with Crippen LogP contribution in [-0.4, -0.2) is 21.4 Å². The molecule has 1 aromatic carbocycles. The van der Waals surface area contributed by atoms with Crippen LogP contribution in [0.4, 0.5) is 0 Å². The summed E-state index contributed by atoms with van der Waals surface area (Å²) in [4.78, 5) is 11.6. The number of hydrogen-bond donors (Lipinski definition) is 2. The summed E-state index contributed by atoms with van der Waals surface area (Å²) in [6.07, 6.45) is 2.21. The van der Waals surface area contributed by atoms with Gasteiger partial charge in [-0.15, -0.1) is 0 Å². The van der Waals surface area contributed by atoms with Crippen LogP contribution in [0.2, 0.25) is 0 Å². The molecule has 6 nitrogen and oxygen atoms in total. The number of carbonyl (C=O) groups is 1. The van der Waals surface area contributed by atoms with Gasteiger partial charge in [0.15, 0.2) is 0 Å². The number of sulfonamides is 1. The minimum atomic E-state index is -3.77. The van der Waals surface area contributed by atoms with Crippen molar-refractivity contribution in [2.24, 2.45) is 5.14 Å². The first-order valence-electron chi connectivity index (χ1n) is 6.35. The van der Waals surface area contributed by atoms with Crippen molar-refractivity contribution >= 4 is 15.9 Å². The summed E-state index contributed by atoms with van der Waals surface area (Å²) in [6, 6.07) is 4.30. The fourth-order valence-corrected chi connectivity index (χ4v) is 2.25. The van der Waals surface area contributed by atoms with E-state index in [2.05, 4.69) is 5.32 Å². The second kappa shape index (κ2) is 7.25. The first-order valence-corrected chi connectivity index (χ1v) is 7.89. The Morgan fingerprint density at radius 3 is 2.65 bits per heavy atom. The van der Waals surface area contributed by atoms with E-state index >= 15 is 0 Å². The molecule has 0 fully saturated rings. The number of methoxy groups -OCH3 is 1. The van der Waals surface area contributed by atoms with Gasteiger partial charge < -0.3 is 10.1 Å². The average molecular weight is 300 g/mol. The molecule has 0 unspecified atom stereocenters. The van der Waals surface area contributed by atoms with E-state index in [0.717, 1.165) is 12.8 Å². The van der Waals surface area contributed by atoms with Gasteiger partial charge in [-0.05, 0) is 24.6 Å². The van der Waals surface area contributed by atoms with Crippen molar-refractivity contribution in [2.45, 2.75) is 37.6 Å². The maximum atomic E-state index is 11.6. The molecule has 0 aliphatic carbocycles. The van der Waals surface area contributed by atoms with Gasteiger partial charge in [-0.2, -0.15) is 0 Å². The summed E-state index contributed by atoms with van der Waals surface area (Å²) >= 11 is 0. The van der Waals surface area contributed by atoms with Crippen molar-refractivity contribution in [1.82, 2.24) is 5.32 Å². The summed E-state index contributed by atoms with van der Waals surface area (Å²) in [5.74, 6) is 0.433. The van der Waals surface area contributed by atoms with Gasteiger partial charge in [-0.1, -0.05) is 13.3 Å². The van der Waals surface area contributed by atoms with Gasteiger partial charge in [-0.3, -0.25) is 4.79 Å². The minimum absolute atomic E-state index is 0.00360. The number of carbonyl (C=O) groups excluding carboxylic acids is 1. The summed E-state index contributed by atoms with van der Waals surface area (Å²) in [6.45, 7) is 2.21. The fraction of sp³-hybridized carbons (Fsp3) is 0.462. The first-order chi connectivity index (χ1) is 9.38. The molecule has 0 saturated carbocycles. The van der Waals surface area contributed by atoms with Gasteiger partial charge in [0.05, 0.1) is 12.0 Å². The Kier molecular flexibility index (Phi) is 5.97. The van der Waals surface area contributed by atoms with Crippen LogP contribution in [0.15, 0.2) is 23.1 Å². The molecule has 0 spiro atoms. The fourth-order valence-electron chi connectivity index (χ4n) is 1.69. The highest BCUT2D eigenvalue weighted by Crippen LogP contribution is 2.21. The van der Waals surface area contributed by atoms with Gasteiger partial charge in [0, 0.05) is 18.5 Å². The average Bonchev–Trinajstić information content (AvgIpc) is 2.41. The third-order valence-electron chi connectivity index (χ3n) is 2.81. The lowest BCUT2D eigenvalue weighted by molar-refractivity contribution is -0.121. The second-order valence-electron chi connectivity index (χ2n) is 4.40. The maximum absolute atomic E-state index is 11.6. The van der Waals surface area contributed by atoms with E-state index in [9.17, 15) is 13.2 Å². The number of amides is 1. The Balaban J connectivity index is 2.84. The standard InChI is InChI=1S/C13H20N2O4S/c1-3-4-5-13(16)15-9-10-8-11(20(14,17)18)6-7-12(10)19-2/h6-8H,3-5,9H2,1-2H3,(H,15,16)(H2,14,17,18). The SMILES string of the molecule is CCCCC(=O)NCc1cc(S(N)(=O)=O)ccc1OC. The van der Waals surface area contributed by atoms with Crippen molar-refractivity contribution in [1.29, 1.82) is 0 Å². The number of nitrogens with one attached hydrogen (secondary N) is 1. The van der Waals surface area contributed by atoms with E-state index in [1.807, 2.05) is 6.92 Å². The minimum Gasteiger partial charge on any atom is -0.496 e. The molecule has 0 saturated heterocycles. The summed E-state index contributed by atoms with van der Waals surface area (Å²) < 4.78 is 27.8. The predicted molar refractivity (Wildman–Crippen MR) is 75.7 cm³/mol. The van der Waals surface area contributed by atoms with Gasteiger partial charge >= 0.3 is 0 Å². The van der Waals surface area contributed by atoms with Crippen LogP contribution in [0.25, 0.3) is 0 Å². The van der Waals surface area contributed by atoms with E-state index in [4.69, 9.17) is 9.88 Å². The summed E-state index contributed by atoms with van der Waals surface area (Å²) in [5, 5.41) is 7.82. The van der Waals surface area contributed by atoms with Crippen LogP contribution in [0.5, 0.6) is 5.75 Å². The lowest BCUT2D eigenvalue weighted by Gasteiger charge is -2.11. The molecule has 0 heterocycles. The van der Waals surface area contributed by atoms with Crippen LogP contribution < -0.4 is 15.2 Å². The van der Waals surface area contributed by atoms with E-state index in [1.54, 1.807) is 0 Å². The Morgan fingerprint density at radius 1 is 1.40 bits per heavy atom. The van der Waals surface area contributed by atoms with Gasteiger partial charge in [0.1, 0.15) is 5.75 Å². The molecular formula is C13H20N2O4S. The zero-order chi connectivity index (χ0) is 15.2. The molecule has 3 N–H and O–H groups in total. The molecule has 112 valence electrons. The predicted octanol–water partition coefficient (Wildman–Crippen LogP) is 1.15. The number of hydrogen-bond acceptors (Lipinski definition) is 4. The Labute approximate surface area is 119 Å². The van der Waals surface area contributed by atoms with E-state index in [0.29, 0.717) is 17.7 Å². The molecule has 20 heavy (non-hydrogen) atoms. The molecule has 1 rings (SSSR count). The monoisotopic (exact) mass is 300 g/mol. The molecule has 0 bridgehead atoms. The lowest BCUT2D eigenvalue weighted by Crippen LogP contribution is -2.23. The highest BCUT2D eigenvalue weighted by molar-refractivity contribution is 7.89. The maximum Gasteiger partial charge on any atom is 0.238 e. The number of benzene rings is 1. The molecule has 0 atom stereocenters. The largest absolute Gasteiger partial charge is 0.496 e. The molecular weight excluding hydrogens is 280 g/mol. The molecule has 1 aromatic rings. The van der Waals surface area contributed by atoms with Gasteiger partial charge in [-0.25, -0.2) is 13.6 Å². The molecule has 0 radical (unpaired) electrons. The number of rotatable bonds is 7. The van der Waals surface area contributed by atoms with Crippen LogP contribution >= 0.6 is 0 Å². The van der Waals surface area contributed by atoms with Crippen LogP contribution in [-0.2, 0) is 21.4 Å². The Hall–Kier alpha value is -1.60. The van der Waals surface area contributed by atoms with Gasteiger partial charge in [0.2, 0.25) is 15.9 Å². The number of nitrogens with two attached hydrogens (primary N) is 1. The van der Waals surface area contributed by atoms with E-state index in [1.165, 1.54) is 25.3 Å². The van der Waals surface area contributed by atoms with Crippen LogP contribution in [0.1, 0.15) is 31.7 Å². The molecule has 0 aliphatic heterocycles. The first kappa shape index (κ1) is 16.5. The zero-order valence-corrected chi connectivity index (χ0v) is 12.5. The lowest BCUT2D eigenvalue weighted by atomic mass is 10.2. The molecule has 7 heteroatoms. The normalized spacial score (nSPS) is 11.2. The molecule has 0 aliphatic rings. The van der Waals surface area contributed by atoms with E-state index in [-0.39, 0.29) is 17.3 Å². The number of unbranched alkanes of at least 4 members (excludes halogenated alkanes) is 1. The Bertz CT molecular complexity index is 570. The molecule has 1 amide bonds. The third kappa shape index (κ3) is 4.82. The zero-order valence-electron chi connectivity index (χ0n) is 11.7. The van der Waals surface area contributed by atoms with E-state index < -0.39 is 10.0 Å². The highest BCUT2D eigenvalue weighted by Gasteiger charge is 2.12. The number of ether oxygens (including phenoxy) is 1. The van der Waals surface area contributed by atoms with Crippen molar-refractivity contribution < 1.29 is 17.9 Å². The quantitative estimate of drug-likeness (QED) is 0.789. The second-order valence-corrected chi connectivity index (χ2v) is 5.96. The van der Waals surface area contributed by atoms with Crippen molar-refractivity contribution in [3.8, 4) is 5.75 Å². The third-order valence-corrected chi connectivity index (χ3v) is 3.72. The number of primary sulfonamides is 1. The van der Waals surface area contributed by atoms with Crippen molar-refractivity contribution in [3.63, 3.8) is 0 Å². The summed E-state index contributed by atoms with van der Waals surface area (Å²) in [5.41, 5.74) is 0.573. The Morgan fingerprint density at radius 2 is 2.10 bits per heavy atom. The topological polar surface area (TPSA) is 98.5 Å². The van der Waals surface area contributed by atoms with Crippen molar-refractivity contribution in [2.75, 3.05) is 7.11 Å². The van der Waals surface area contributed by atoms with Crippen LogP contribution in [0.3, 0.4) is 0 Å². The summed E-state index contributed by atoms with van der Waals surface area (Å²) in [7, 11) is -2.29. The molecule has 0 aromatic heterocycles. The van der Waals surface area contributed by atoms with Crippen molar-refractivity contribution in [3.05, 3.63) is 23.8 Å². The highest BCUT2D eigenvalue weighted by atomic mass is 32.2. The smallest absolute Gasteiger partial charge is 0.238 e. The van der Waals surface area contributed by atoms with Crippen LogP contribution in [0, 0.1) is 0 Å². The van der Waals surface area contributed by atoms with Gasteiger partial charge in [0.25, 0.3) is 0 Å².